The molecule has 7 nitrogen and oxygen atoms in total. The van der Waals surface area contributed by atoms with Gasteiger partial charge in [-0.2, -0.15) is 5.26 Å². The van der Waals surface area contributed by atoms with Crippen molar-refractivity contribution in [1.29, 1.82) is 5.26 Å². The minimum Gasteiger partial charge on any atom is -0.489 e. The van der Waals surface area contributed by atoms with E-state index in [0.717, 1.165) is 11.1 Å². The number of amides is 1. The van der Waals surface area contributed by atoms with E-state index >= 15 is 0 Å². The summed E-state index contributed by atoms with van der Waals surface area (Å²) in [4.78, 5) is 12.8. The molecule has 0 bridgehead atoms. The second-order valence-electron chi connectivity index (χ2n) is 7.04. The molecular formula is C25H23N3O4S. The molecule has 8 heteroatoms. The number of carbonyl (C=O) groups excluding carboxylic acids is 1. The average Bonchev–Trinajstić information content (AvgIpc) is 2.83. The first-order valence-corrected chi connectivity index (χ1v) is 11.6. The van der Waals surface area contributed by atoms with Crippen molar-refractivity contribution in [3.05, 3.63) is 102 Å². The Labute approximate surface area is 193 Å². The number of anilines is 1. The van der Waals surface area contributed by atoms with Crippen molar-refractivity contribution in [3.63, 3.8) is 0 Å². The zero-order chi connectivity index (χ0) is 23.7. The van der Waals surface area contributed by atoms with Gasteiger partial charge in [0.05, 0.1) is 17.4 Å². The van der Waals surface area contributed by atoms with Gasteiger partial charge in [-0.1, -0.05) is 36.4 Å². The summed E-state index contributed by atoms with van der Waals surface area (Å²) >= 11 is 0. The molecule has 0 unspecified atom stereocenters. The number of rotatable bonds is 10. The van der Waals surface area contributed by atoms with E-state index in [1.54, 1.807) is 24.3 Å². The van der Waals surface area contributed by atoms with E-state index < -0.39 is 10.0 Å². The molecule has 0 aliphatic heterocycles. The Kier molecular flexibility index (Phi) is 7.97. The van der Waals surface area contributed by atoms with E-state index in [1.807, 2.05) is 24.3 Å². The van der Waals surface area contributed by atoms with Gasteiger partial charge in [-0.3, -0.25) is 4.79 Å². The Balaban J connectivity index is 1.67. The number of benzene rings is 3. The average molecular weight is 462 g/mol. The third-order valence-electron chi connectivity index (χ3n) is 4.71. The maximum absolute atomic E-state index is 12.7. The Morgan fingerprint density at radius 3 is 2.39 bits per heavy atom. The van der Waals surface area contributed by atoms with E-state index in [1.165, 1.54) is 30.3 Å². The van der Waals surface area contributed by atoms with Crippen LogP contribution < -0.4 is 14.8 Å². The van der Waals surface area contributed by atoms with Crippen LogP contribution in [0.2, 0.25) is 0 Å². The normalized spacial score (nSPS) is 10.8. The largest absolute Gasteiger partial charge is 0.489 e. The van der Waals surface area contributed by atoms with Gasteiger partial charge >= 0.3 is 0 Å². The zero-order valence-corrected chi connectivity index (χ0v) is 18.6. The van der Waals surface area contributed by atoms with Gasteiger partial charge in [-0.05, 0) is 48.0 Å². The molecule has 1 amide bonds. The van der Waals surface area contributed by atoms with Crippen LogP contribution in [0.15, 0.2) is 90.3 Å². The minimum absolute atomic E-state index is 0.0653. The highest BCUT2D eigenvalue weighted by Crippen LogP contribution is 2.20. The van der Waals surface area contributed by atoms with Crippen LogP contribution in [0.3, 0.4) is 0 Å². The number of hydrogen-bond donors (Lipinski definition) is 2. The summed E-state index contributed by atoms with van der Waals surface area (Å²) in [7, 11) is -3.66. The second-order valence-corrected chi connectivity index (χ2v) is 8.81. The van der Waals surface area contributed by atoms with Crippen molar-refractivity contribution < 1.29 is 17.9 Å². The molecule has 0 radical (unpaired) electrons. The molecule has 0 heterocycles. The van der Waals surface area contributed by atoms with Crippen LogP contribution in [0.5, 0.6) is 5.75 Å². The van der Waals surface area contributed by atoms with Gasteiger partial charge < -0.3 is 10.1 Å². The fourth-order valence-corrected chi connectivity index (χ4v) is 3.95. The van der Waals surface area contributed by atoms with Crippen molar-refractivity contribution in [2.45, 2.75) is 17.9 Å². The lowest BCUT2D eigenvalue weighted by atomic mass is 10.1. The molecule has 33 heavy (non-hydrogen) atoms. The lowest BCUT2D eigenvalue weighted by Crippen LogP contribution is -2.23. The molecule has 168 valence electrons. The molecule has 0 aromatic heterocycles. The first-order chi connectivity index (χ1) is 15.9. The second kappa shape index (κ2) is 11.1. The molecule has 0 saturated carbocycles. The molecular weight excluding hydrogens is 438 g/mol. The first-order valence-electron chi connectivity index (χ1n) is 10.1. The first kappa shape index (κ1) is 23.7. The van der Waals surface area contributed by atoms with Crippen LogP contribution in [-0.2, 0) is 23.1 Å². The molecule has 0 aliphatic rings. The quantitative estimate of drug-likeness (QED) is 0.443. The smallest absolute Gasteiger partial charge is 0.255 e. The standard InChI is InChI=1S/C25H23N3O4S/c1-2-17-27-33(30,31)23-13-9-20(10-14-23)25(29)28-24-6-4-3-5-21(24)18-32-22-11-7-19(8-12-22)15-16-26/h2-14,27H,1,15,17-18H2,(H,28,29). The van der Waals surface area contributed by atoms with Gasteiger partial charge in [0.1, 0.15) is 12.4 Å². The molecule has 0 spiro atoms. The van der Waals surface area contributed by atoms with Gasteiger partial charge in [-0.25, -0.2) is 13.1 Å². The van der Waals surface area contributed by atoms with E-state index in [2.05, 4.69) is 22.7 Å². The number of nitrogens with zero attached hydrogens (tertiary/aromatic N) is 1. The maximum Gasteiger partial charge on any atom is 0.255 e. The van der Waals surface area contributed by atoms with Crippen molar-refractivity contribution in [1.82, 2.24) is 4.72 Å². The lowest BCUT2D eigenvalue weighted by Gasteiger charge is -2.13. The van der Waals surface area contributed by atoms with Crippen LogP contribution in [0.1, 0.15) is 21.5 Å². The fourth-order valence-electron chi connectivity index (χ4n) is 2.96. The van der Waals surface area contributed by atoms with Gasteiger partial charge in [0.15, 0.2) is 0 Å². The van der Waals surface area contributed by atoms with Crippen LogP contribution in [0.25, 0.3) is 0 Å². The summed E-state index contributed by atoms with van der Waals surface area (Å²) < 4.78 is 32.5. The van der Waals surface area contributed by atoms with Crippen molar-refractivity contribution in [3.8, 4) is 11.8 Å². The van der Waals surface area contributed by atoms with E-state index in [9.17, 15) is 13.2 Å². The maximum atomic E-state index is 12.7. The van der Waals surface area contributed by atoms with Crippen LogP contribution in [0.4, 0.5) is 5.69 Å². The van der Waals surface area contributed by atoms with Crippen molar-refractivity contribution >= 4 is 21.6 Å². The molecule has 0 saturated heterocycles. The molecule has 0 atom stereocenters. The SMILES string of the molecule is C=CCNS(=O)(=O)c1ccc(C(=O)Nc2ccccc2COc2ccc(CC#N)cc2)cc1. The summed E-state index contributed by atoms with van der Waals surface area (Å²) in [6, 6.07) is 22.3. The Morgan fingerprint density at radius 2 is 1.73 bits per heavy atom. The lowest BCUT2D eigenvalue weighted by molar-refractivity contribution is 0.102. The van der Waals surface area contributed by atoms with Crippen LogP contribution in [0, 0.1) is 11.3 Å². The van der Waals surface area contributed by atoms with Gasteiger partial charge in [0, 0.05) is 23.4 Å². The number of para-hydroxylation sites is 1. The summed E-state index contributed by atoms with van der Waals surface area (Å²) in [6.45, 7) is 3.84. The molecule has 0 fully saturated rings. The van der Waals surface area contributed by atoms with E-state index in [4.69, 9.17) is 10.00 Å². The van der Waals surface area contributed by atoms with Crippen molar-refractivity contribution in [2.24, 2.45) is 0 Å². The number of carbonyl (C=O) groups is 1. The van der Waals surface area contributed by atoms with Gasteiger partial charge in [0.25, 0.3) is 5.91 Å². The van der Waals surface area contributed by atoms with Gasteiger partial charge in [0.2, 0.25) is 10.0 Å². The predicted molar refractivity (Wildman–Crippen MR) is 126 cm³/mol. The number of nitriles is 1. The summed E-state index contributed by atoms with van der Waals surface area (Å²) in [5.41, 5.74) is 2.60. The highest BCUT2D eigenvalue weighted by molar-refractivity contribution is 7.89. The van der Waals surface area contributed by atoms with Crippen LogP contribution in [-0.4, -0.2) is 20.9 Å². The zero-order valence-electron chi connectivity index (χ0n) is 17.8. The summed E-state index contributed by atoms with van der Waals surface area (Å²) in [5.74, 6) is 0.283. The Bertz CT molecular complexity index is 1260. The number of ether oxygens (including phenoxy) is 1. The van der Waals surface area contributed by atoms with Crippen LogP contribution >= 0.6 is 0 Å². The topological polar surface area (TPSA) is 108 Å². The predicted octanol–water partition coefficient (Wildman–Crippen LogP) is 4.05. The van der Waals surface area contributed by atoms with Gasteiger partial charge in [-0.15, -0.1) is 6.58 Å². The van der Waals surface area contributed by atoms with Crippen molar-refractivity contribution in [2.75, 3.05) is 11.9 Å². The molecule has 3 aromatic carbocycles. The number of hydrogen-bond acceptors (Lipinski definition) is 5. The molecule has 3 aromatic rings. The Morgan fingerprint density at radius 1 is 1.03 bits per heavy atom. The monoisotopic (exact) mass is 461 g/mol. The minimum atomic E-state index is -3.66. The number of sulfonamides is 1. The highest BCUT2D eigenvalue weighted by Gasteiger charge is 2.15. The third kappa shape index (κ3) is 6.53. The fraction of sp³-hybridized carbons (Fsp3) is 0.120. The summed E-state index contributed by atoms with van der Waals surface area (Å²) in [5, 5.41) is 11.6. The summed E-state index contributed by atoms with van der Waals surface area (Å²) in [6.07, 6.45) is 1.79. The van der Waals surface area contributed by atoms with E-state index in [0.29, 0.717) is 23.4 Å². The number of nitrogens with one attached hydrogen (secondary N) is 2. The highest BCUT2D eigenvalue weighted by atomic mass is 32.2. The molecule has 0 aliphatic carbocycles. The van der Waals surface area contributed by atoms with E-state index in [-0.39, 0.29) is 24.0 Å². The molecule has 2 N–H and O–H groups in total. The molecule has 3 rings (SSSR count). The Hall–Kier alpha value is -3.93. The third-order valence-corrected chi connectivity index (χ3v) is 6.15.